The van der Waals surface area contributed by atoms with E-state index >= 15 is 0 Å². The Morgan fingerprint density at radius 2 is 1.27 bits per heavy atom. The zero-order valence-corrected chi connectivity index (χ0v) is 17.0. The summed E-state index contributed by atoms with van der Waals surface area (Å²) in [6, 6.07) is 0.123. The maximum atomic E-state index is 11.8. The van der Waals surface area contributed by atoms with Crippen LogP contribution in [0.3, 0.4) is 0 Å². The minimum Gasteiger partial charge on any atom is -0.464 e. The molecular weight excluding hydrogens is 364 g/mol. The Labute approximate surface area is 153 Å². The van der Waals surface area contributed by atoms with E-state index in [0.29, 0.717) is 19.3 Å². The van der Waals surface area contributed by atoms with Gasteiger partial charge in [0.05, 0.1) is 5.41 Å². The van der Waals surface area contributed by atoms with Gasteiger partial charge in [-0.05, 0) is 19.3 Å². The Bertz CT molecular complexity index is 550. The van der Waals surface area contributed by atoms with E-state index in [1.54, 1.807) is 0 Å². The van der Waals surface area contributed by atoms with Crippen LogP contribution in [0.4, 0.5) is 0 Å². The van der Waals surface area contributed by atoms with Crippen LogP contribution in [0.1, 0.15) is 60.8 Å². The number of hydrogen-bond donors (Lipinski definition) is 0. The highest BCUT2D eigenvalue weighted by atomic mass is 28.4. The minimum absolute atomic E-state index is 0.123. The van der Waals surface area contributed by atoms with Crippen molar-refractivity contribution in [2.45, 2.75) is 72.8 Å². The molecule has 1 heterocycles. The van der Waals surface area contributed by atoms with Crippen molar-refractivity contribution in [1.29, 1.82) is 0 Å². The summed E-state index contributed by atoms with van der Waals surface area (Å²) in [6.07, 6.45) is 1.18. The van der Waals surface area contributed by atoms with Crippen LogP contribution in [0.25, 0.3) is 0 Å². The van der Waals surface area contributed by atoms with Crippen LogP contribution >= 0.6 is 0 Å². The van der Waals surface area contributed by atoms with Crippen molar-refractivity contribution in [3.8, 4) is 0 Å². The summed E-state index contributed by atoms with van der Waals surface area (Å²) in [4.78, 5) is 46.7. The standard InChI is InChI=1S/C16H26O9Si/c1-7-15(8-2)9-10-26(23-13(5)19,24-14(6)20)25-16(15,21-11(3)17)22-12(4)18/h7-10H2,1-6H3. The molecule has 0 N–H and O–H groups in total. The van der Waals surface area contributed by atoms with Crippen LogP contribution in [0.2, 0.25) is 6.04 Å². The number of carbonyl (C=O) groups excluding carboxylic acids is 4. The lowest BCUT2D eigenvalue weighted by Crippen LogP contribution is -2.67. The highest BCUT2D eigenvalue weighted by Crippen LogP contribution is 2.53. The quantitative estimate of drug-likeness (QED) is 0.382. The Kier molecular flexibility index (Phi) is 6.94. The summed E-state index contributed by atoms with van der Waals surface area (Å²) in [7, 11) is -3.95. The number of rotatable bonds is 6. The van der Waals surface area contributed by atoms with Gasteiger partial charge in [-0.25, -0.2) is 0 Å². The van der Waals surface area contributed by atoms with Crippen molar-refractivity contribution in [3.05, 3.63) is 0 Å². The zero-order valence-electron chi connectivity index (χ0n) is 16.0. The van der Waals surface area contributed by atoms with E-state index < -0.39 is 44.1 Å². The molecule has 0 atom stereocenters. The average molecular weight is 390 g/mol. The van der Waals surface area contributed by atoms with E-state index in [1.807, 2.05) is 13.8 Å². The summed E-state index contributed by atoms with van der Waals surface area (Å²) in [6.45, 7) is 8.23. The van der Waals surface area contributed by atoms with E-state index in [0.717, 1.165) is 27.7 Å². The maximum absolute atomic E-state index is 11.8. The molecule has 0 spiro atoms. The third-order valence-electron chi connectivity index (χ3n) is 4.36. The van der Waals surface area contributed by atoms with Crippen molar-refractivity contribution >= 4 is 32.7 Å². The van der Waals surface area contributed by atoms with Gasteiger partial charge in [0, 0.05) is 33.7 Å². The smallest absolute Gasteiger partial charge is 0.464 e. The second-order valence-electron chi connectivity index (χ2n) is 6.20. The monoisotopic (exact) mass is 390 g/mol. The number of esters is 2. The first-order valence-electron chi connectivity index (χ1n) is 8.44. The summed E-state index contributed by atoms with van der Waals surface area (Å²) in [5, 5.41) is 0. The lowest BCUT2D eigenvalue weighted by atomic mass is 9.76. The molecule has 1 rings (SSSR count). The van der Waals surface area contributed by atoms with Crippen LogP contribution in [0, 0.1) is 5.41 Å². The highest BCUT2D eigenvalue weighted by Gasteiger charge is 2.70. The van der Waals surface area contributed by atoms with E-state index in [1.165, 1.54) is 0 Å². The van der Waals surface area contributed by atoms with Gasteiger partial charge in [0.15, 0.2) is 0 Å². The van der Waals surface area contributed by atoms with E-state index in [-0.39, 0.29) is 6.04 Å². The third-order valence-corrected chi connectivity index (χ3v) is 7.00. The molecule has 1 aliphatic heterocycles. The van der Waals surface area contributed by atoms with E-state index in [9.17, 15) is 19.2 Å². The Morgan fingerprint density at radius 1 is 0.846 bits per heavy atom. The molecule has 10 heteroatoms. The fourth-order valence-corrected chi connectivity index (χ4v) is 6.01. The van der Waals surface area contributed by atoms with Crippen molar-refractivity contribution in [1.82, 2.24) is 0 Å². The van der Waals surface area contributed by atoms with Crippen LogP contribution in [-0.2, 0) is 41.9 Å². The minimum atomic E-state index is -3.95. The Balaban J connectivity index is 3.53. The molecule has 0 unspecified atom stereocenters. The van der Waals surface area contributed by atoms with Crippen molar-refractivity contribution in [2.24, 2.45) is 5.41 Å². The van der Waals surface area contributed by atoms with Crippen LogP contribution < -0.4 is 0 Å². The van der Waals surface area contributed by atoms with Crippen LogP contribution in [0.5, 0.6) is 0 Å². The van der Waals surface area contributed by atoms with Gasteiger partial charge in [0.25, 0.3) is 11.9 Å². The molecule has 1 aliphatic rings. The predicted octanol–water partition coefficient (Wildman–Crippen LogP) is 2.06. The van der Waals surface area contributed by atoms with Crippen molar-refractivity contribution in [2.75, 3.05) is 0 Å². The predicted molar refractivity (Wildman–Crippen MR) is 89.1 cm³/mol. The first-order valence-corrected chi connectivity index (χ1v) is 10.4. The lowest BCUT2D eigenvalue weighted by Gasteiger charge is -2.52. The highest BCUT2D eigenvalue weighted by molar-refractivity contribution is 6.64. The number of ether oxygens (including phenoxy) is 2. The maximum Gasteiger partial charge on any atom is 0.641 e. The van der Waals surface area contributed by atoms with Gasteiger partial charge >= 0.3 is 26.7 Å². The lowest BCUT2D eigenvalue weighted by molar-refractivity contribution is -0.383. The largest absolute Gasteiger partial charge is 0.641 e. The molecule has 0 aromatic rings. The number of hydrogen-bond acceptors (Lipinski definition) is 9. The molecular formula is C16H26O9Si. The van der Waals surface area contributed by atoms with Gasteiger partial charge in [-0.2, -0.15) is 0 Å². The van der Waals surface area contributed by atoms with Gasteiger partial charge in [-0.15, -0.1) is 0 Å². The molecule has 1 fully saturated rings. The second-order valence-corrected chi connectivity index (χ2v) is 8.68. The molecule has 1 saturated heterocycles. The Hall–Kier alpha value is -1.94. The summed E-state index contributed by atoms with van der Waals surface area (Å²) >= 11 is 0. The van der Waals surface area contributed by atoms with Gasteiger partial charge in [0.2, 0.25) is 0 Å². The molecule has 0 bridgehead atoms. The summed E-state index contributed by atoms with van der Waals surface area (Å²) < 4.78 is 27.1. The Morgan fingerprint density at radius 3 is 1.58 bits per heavy atom. The first kappa shape index (κ1) is 22.1. The average Bonchev–Trinajstić information content (AvgIpc) is 2.44. The summed E-state index contributed by atoms with van der Waals surface area (Å²) in [5.74, 6) is -5.11. The third kappa shape index (κ3) is 4.61. The summed E-state index contributed by atoms with van der Waals surface area (Å²) in [5.41, 5.74) is -0.888. The molecule has 0 amide bonds. The molecule has 148 valence electrons. The van der Waals surface area contributed by atoms with Gasteiger partial charge < -0.3 is 18.3 Å². The fourth-order valence-electron chi connectivity index (χ4n) is 3.21. The molecule has 0 aromatic heterocycles. The molecule has 0 saturated carbocycles. The van der Waals surface area contributed by atoms with Gasteiger partial charge in [-0.1, -0.05) is 13.8 Å². The molecule has 0 aromatic carbocycles. The zero-order chi connectivity index (χ0) is 20.2. The molecule has 0 radical (unpaired) electrons. The van der Waals surface area contributed by atoms with Crippen LogP contribution in [-0.4, -0.2) is 38.7 Å². The SMILES string of the molecule is CCC1(CC)CC[Si](OC(C)=O)(OC(C)=O)OC1(OC(C)=O)OC(C)=O. The second kappa shape index (κ2) is 8.17. The van der Waals surface area contributed by atoms with Crippen LogP contribution in [0.15, 0.2) is 0 Å². The van der Waals surface area contributed by atoms with Crippen molar-refractivity contribution < 1.29 is 41.9 Å². The van der Waals surface area contributed by atoms with Gasteiger partial charge in [0.1, 0.15) is 0 Å². The molecule has 9 nitrogen and oxygen atoms in total. The molecule has 0 aliphatic carbocycles. The van der Waals surface area contributed by atoms with Gasteiger partial charge in [-0.3, -0.25) is 23.6 Å². The fraction of sp³-hybridized carbons (Fsp3) is 0.750. The topological polar surface area (TPSA) is 114 Å². The normalized spacial score (nSPS) is 19.8. The number of carbonyl (C=O) groups is 4. The molecule has 26 heavy (non-hydrogen) atoms. The van der Waals surface area contributed by atoms with E-state index in [2.05, 4.69) is 0 Å². The van der Waals surface area contributed by atoms with Crippen molar-refractivity contribution in [3.63, 3.8) is 0 Å². The van der Waals surface area contributed by atoms with E-state index in [4.69, 9.17) is 22.8 Å². The first-order chi connectivity index (χ1) is 12.0.